The van der Waals surface area contributed by atoms with Crippen LogP contribution in [0.15, 0.2) is 30.3 Å². The number of halogens is 3. The van der Waals surface area contributed by atoms with Crippen molar-refractivity contribution in [3.05, 3.63) is 35.9 Å². The van der Waals surface area contributed by atoms with Crippen LogP contribution in [-0.4, -0.2) is 40.7 Å². The number of benzene rings is 1. The first kappa shape index (κ1) is 19.2. The maximum atomic E-state index is 12.0. The summed E-state index contributed by atoms with van der Waals surface area (Å²) in [5, 5.41) is 2.77. The fourth-order valence-corrected chi connectivity index (χ4v) is 3.55. The Morgan fingerprint density at radius 1 is 1.16 bits per heavy atom. The third-order valence-electron chi connectivity index (χ3n) is 4.67. The summed E-state index contributed by atoms with van der Waals surface area (Å²) < 4.78 is 15.9. The molecule has 2 aliphatic heterocycles. The minimum absolute atomic E-state index is 0.0415. The summed E-state index contributed by atoms with van der Waals surface area (Å²) >= 11 is 17.0. The van der Waals surface area contributed by atoms with Crippen LogP contribution in [0.25, 0.3) is 0 Å². The third kappa shape index (κ3) is 4.24. The van der Waals surface area contributed by atoms with Gasteiger partial charge >= 0.3 is 0 Å². The molecule has 0 bridgehead atoms. The van der Waals surface area contributed by atoms with Crippen molar-refractivity contribution in [2.45, 2.75) is 48.3 Å². The Bertz CT molecular complexity index is 610. The number of carbonyl (C=O) groups is 1. The highest BCUT2D eigenvalue weighted by atomic mass is 35.6. The number of hydrogen-bond acceptors (Lipinski definition) is 4. The van der Waals surface area contributed by atoms with Crippen LogP contribution in [-0.2, 0) is 19.0 Å². The largest absolute Gasteiger partial charge is 0.368 e. The van der Waals surface area contributed by atoms with Crippen molar-refractivity contribution < 1.29 is 19.0 Å². The van der Waals surface area contributed by atoms with Crippen LogP contribution < -0.4 is 5.32 Å². The van der Waals surface area contributed by atoms with Crippen molar-refractivity contribution in [3.63, 3.8) is 0 Å². The van der Waals surface area contributed by atoms with E-state index in [1.54, 1.807) is 0 Å². The molecular weight excluding hydrogens is 389 g/mol. The monoisotopic (exact) mass is 407 g/mol. The summed E-state index contributed by atoms with van der Waals surface area (Å²) in [5.41, 5.74) is 0.939. The lowest BCUT2D eigenvalue weighted by molar-refractivity contribution is -0.303. The van der Waals surface area contributed by atoms with Gasteiger partial charge in [0.25, 0.3) is 9.70 Å². The van der Waals surface area contributed by atoms with Crippen LogP contribution in [0.1, 0.15) is 25.7 Å². The Labute approximate surface area is 161 Å². The van der Waals surface area contributed by atoms with Gasteiger partial charge in [0.15, 0.2) is 6.29 Å². The standard InChI is InChI=1S/C17H20Cl3NO4/c1-9-13(21-16(22)17(18,19)20)10(2)24-12-8-23-15(25-14(9)12)11-6-4-3-5-7-11/h3-7,9-10,12-15H,8H2,1-2H3,(H,21,22)/t9-,10+,12?,13?,14+,15?/m1/s1. The van der Waals surface area contributed by atoms with E-state index >= 15 is 0 Å². The summed E-state index contributed by atoms with van der Waals surface area (Å²) in [5.74, 6) is -0.713. The Morgan fingerprint density at radius 3 is 2.48 bits per heavy atom. The smallest absolute Gasteiger partial charge is 0.272 e. The number of amides is 1. The first-order valence-electron chi connectivity index (χ1n) is 8.12. The molecule has 2 aliphatic rings. The number of carbonyl (C=O) groups excluding carboxylic acids is 1. The molecule has 138 valence electrons. The van der Waals surface area contributed by atoms with E-state index in [0.29, 0.717) is 6.61 Å². The summed E-state index contributed by atoms with van der Waals surface area (Å²) in [6.45, 7) is 4.29. The van der Waals surface area contributed by atoms with Crippen molar-refractivity contribution in [1.82, 2.24) is 5.32 Å². The molecule has 0 aliphatic carbocycles. The number of ether oxygens (including phenoxy) is 3. The second-order valence-electron chi connectivity index (χ2n) is 6.41. The summed E-state index contributed by atoms with van der Waals surface area (Å²) in [6, 6.07) is 9.36. The predicted octanol–water partition coefficient (Wildman–Crippen LogP) is 3.38. The molecule has 2 saturated heterocycles. The Balaban J connectivity index is 1.73. The van der Waals surface area contributed by atoms with E-state index in [1.165, 1.54) is 0 Å². The van der Waals surface area contributed by atoms with Crippen molar-refractivity contribution in [1.29, 1.82) is 0 Å². The number of rotatable bonds is 2. The van der Waals surface area contributed by atoms with Gasteiger partial charge in [-0.25, -0.2) is 0 Å². The molecule has 1 amide bonds. The zero-order valence-corrected chi connectivity index (χ0v) is 16.1. The topological polar surface area (TPSA) is 56.8 Å². The highest BCUT2D eigenvalue weighted by Crippen LogP contribution is 2.37. The predicted molar refractivity (Wildman–Crippen MR) is 95.7 cm³/mol. The average molecular weight is 409 g/mol. The highest BCUT2D eigenvalue weighted by molar-refractivity contribution is 6.76. The van der Waals surface area contributed by atoms with E-state index in [4.69, 9.17) is 49.0 Å². The zero-order valence-electron chi connectivity index (χ0n) is 13.8. The van der Waals surface area contributed by atoms with Gasteiger partial charge in [-0.3, -0.25) is 4.79 Å². The van der Waals surface area contributed by atoms with E-state index in [2.05, 4.69) is 5.32 Å². The lowest BCUT2D eigenvalue weighted by Gasteiger charge is -2.48. The average Bonchev–Trinajstić information content (AvgIpc) is 2.58. The molecule has 0 radical (unpaired) electrons. The van der Waals surface area contributed by atoms with Crippen molar-refractivity contribution >= 4 is 40.7 Å². The first-order chi connectivity index (χ1) is 11.8. The molecule has 1 N–H and O–H groups in total. The highest BCUT2D eigenvalue weighted by Gasteiger charge is 2.48. The van der Waals surface area contributed by atoms with Gasteiger partial charge in [-0.05, 0) is 6.92 Å². The maximum absolute atomic E-state index is 12.0. The van der Waals surface area contributed by atoms with Crippen LogP contribution in [0.5, 0.6) is 0 Å². The van der Waals surface area contributed by atoms with Crippen molar-refractivity contribution in [2.24, 2.45) is 5.92 Å². The van der Waals surface area contributed by atoms with E-state index in [-0.39, 0.29) is 30.3 Å². The molecule has 3 rings (SSSR count). The van der Waals surface area contributed by atoms with Crippen molar-refractivity contribution in [2.75, 3.05) is 6.61 Å². The molecule has 2 heterocycles. The van der Waals surface area contributed by atoms with Gasteiger partial charge in [0.05, 0.1) is 24.9 Å². The summed E-state index contributed by atoms with van der Waals surface area (Å²) in [7, 11) is 0. The minimum Gasteiger partial charge on any atom is -0.368 e. The second-order valence-corrected chi connectivity index (χ2v) is 8.69. The fraction of sp³-hybridized carbons (Fsp3) is 0.588. The van der Waals surface area contributed by atoms with E-state index in [9.17, 15) is 4.79 Å². The number of alkyl halides is 3. The van der Waals surface area contributed by atoms with Gasteiger partial charge < -0.3 is 19.5 Å². The number of nitrogens with one attached hydrogen (secondary N) is 1. The quantitative estimate of drug-likeness (QED) is 0.762. The van der Waals surface area contributed by atoms with Crippen LogP contribution in [0.3, 0.4) is 0 Å². The van der Waals surface area contributed by atoms with Gasteiger partial charge in [0.1, 0.15) is 6.10 Å². The van der Waals surface area contributed by atoms with E-state index in [1.807, 2.05) is 44.2 Å². The van der Waals surface area contributed by atoms with Crippen molar-refractivity contribution in [3.8, 4) is 0 Å². The van der Waals surface area contributed by atoms with Crippen LogP contribution in [0.2, 0.25) is 0 Å². The molecule has 1 aromatic carbocycles. The molecule has 3 unspecified atom stereocenters. The first-order valence-corrected chi connectivity index (χ1v) is 9.26. The molecule has 0 saturated carbocycles. The second kappa shape index (κ2) is 7.59. The lowest BCUT2D eigenvalue weighted by atomic mass is 9.85. The minimum atomic E-state index is -2.01. The third-order valence-corrected chi connectivity index (χ3v) is 5.18. The van der Waals surface area contributed by atoms with Crippen LogP contribution >= 0.6 is 34.8 Å². The SMILES string of the molecule is C[C@@H]1OC2COC(c3ccccc3)O[C@H]2[C@H](C)C1NC(=O)C(Cl)(Cl)Cl. The van der Waals surface area contributed by atoms with Gasteiger partial charge in [-0.1, -0.05) is 72.1 Å². The van der Waals surface area contributed by atoms with Gasteiger partial charge in [0.2, 0.25) is 0 Å². The van der Waals surface area contributed by atoms with Gasteiger partial charge in [0, 0.05) is 11.5 Å². The molecule has 0 aromatic heterocycles. The van der Waals surface area contributed by atoms with Crippen LogP contribution in [0.4, 0.5) is 0 Å². The van der Waals surface area contributed by atoms with E-state index in [0.717, 1.165) is 5.56 Å². The Kier molecular flexibility index (Phi) is 5.83. The zero-order chi connectivity index (χ0) is 18.2. The Hall–Kier alpha value is -0.560. The molecule has 1 aromatic rings. The molecule has 0 spiro atoms. The van der Waals surface area contributed by atoms with E-state index < -0.39 is 16.0 Å². The summed E-state index contributed by atoms with van der Waals surface area (Å²) in [6.07, 6.45) is -1.17. The van der Waals surface area contributed by atoms with Gasteiger partial charge in [-0.2, -0.15) is 0 Å². The number of fused-ring (bicyclic) bond motifs is 1. The Morgan fingerprint density at radius 2 is 1.84 bits per heavy atom. The van der Waals surface area contributed by atoms with Crippen LogP contribution in [0, 0.1) is 5.92 Å². The molecule has 2 fully saturated rings. The molecule has 5 nitrogen and oxygen atoms in total. The summed E-state index contributed by atoms with van der Waals surface area (Å²) in [4.78, 5) is 12.0. The van der Waals surface area contributed by atoms with Gasteiger partial charge in [-0.15, -0.1) is 0 Å². The molecule has 8 heteroatoms. The number of hydrogen-bond donors (Lipinski definition) is 1. The lowest BCUT2D eigenvalue weighted by Crippen LogP contribution is -2.62. The normalized spacial score (nSPS) is 35.7. The maximum Gasteiger partial charge on any atom is 0.272 e. The molecule has 25 heavy (non-hydrogen) atoms. The fourth-order valence-electron chi connectivity index (χ4n) is 3.39. The molecule has 6 atom stereocenters. The molecular formula is C17H20Cl3NO4.